The Hall–Kier alpha value is -4.82. The molecule has 162 valence electrons. The summed E-state index contributed by atoms with van der Waals surface area (Å²) in [4.78, 5) is 31.4. The summed E-state index contributed by atoms with van der Waals surface area (Å²) >= 11 is 0. The zero-order chi connectivity index (χ0) is 23.7. The second-order valence-electron chi connectivity index (χ2n) is 7.93. The molecule has 5 heteroatoms. The van der Waals surface area contributed by atoms with E-state index in [1.165, 1.54) is 6.92 Å². The summed E-state index contributed by atoms with van der Waals surface area (Å²) in [5.41, 5.74) is 5.34. The fraction of sp³-hybridized carbons (Fsp3) is 0.0345. The lowest BCUT2D eigenvalue weighted by molar-refractivity contribution is 0.101. The molecule has 3 aromatic carbocycles. The maximum atomic E-state index is 13.8. The van der Waals surface area contributed by atoms with Crippen LogP contribution in [-0.4, -0.2) is 21.0 Å². The molecule has 5 rings (SSSR count). The van der Waals surface area contributed by atoms with Gasteiger partial charge in [0.1, 0.15) is 12.0 Å². The highest BCUT2D eigenvalue weighted by Gasteiger charge is 2.27. The topological polar surface area (TPSA) is 75.2 Å². The van der Waals surface area contributed by atoms with Crippen molar-refractivity contribution in [2.75, 3.05) is 0 Å². The molecule has 0 amide bonds. The van der Waals surface area contributed by atoms with E-state index in [1.807, 2.05) is 66.7 Å². The molecule has 0 aliphatic rings. The minimum Gasteiger partial charge on any atom is -0.296 e. The number of carbonyl (C=O) groups excluding carboxylic acids is 2. The molecule has 0 aliphatic carbocycles. The van der Waals surface area contributed by atoms with Crippen LogP contribution in [0.5, 0.6) is 0 Å². The van der Waals surface area contributed by atoms with Crippen LogP contribution in [0.15, 0.2) is 97.3 Å². The molecule has 0 spiro atoms. The molecule has 0 N–H and O–H groups in total. The fourth-order valence-corrected chi connectivity index (χ4v) is 4.22. The third kappa shape index (κ3) is 3.58. The van der Waals surface area contributed by atoms with Gasteiger partial charge in [0.15, 0.2) is 5.78 Å². The number of benzene rings is 3. The molecule has 0 saturated heterocycles. The summed E-state index contributed by atoms with van der Waals surface area (Å²) in [5, 5.41) is 9.12. The van der Waals surface area contributed by atoms with Crippen LogP contribution in [0.4, 0.5) is 0 Å². The summed E-state index contributed by atoms with van der Waals surface area (Å²) in [7, 11) is 0. The normalized spacial score (nSPS) is 10.7. The van der Waals surface area contributed by atoms with Crippen molar-refractivity contribution in [3.63, 3.8) is 0 Å². The number of fused-ring (bicyclic) bond motifs is 1. The zero-order valence-corrected chi connectivity index (χ0v) is 18.4. The summed E-state index contributed by atoms with van der Waals surface area (Å²) in [6, 6.07) is 29.6. The molecular formula is C29H19N3O2. The fourth-order valence-electron chi connectivity index (χ4n) is 4.22. The molecular weight excluding hydrogens is 422 g/mol. The number of carbonyl (C=O) groups is 2. The van der Waals surface area contributed by atoms with Crippen LogP contribution < -0.4 is 0 Å². The minimum absolute atomic E-state index is 0.138. The van der Waals surface area contributed by atoms with Gasteiger partial charge in [-0.25, -0.2) is 4.98 Å². The molecule has 0 atom stereocenters. The number of nitriles is 1. The van der Waals surface area contributed by atoms with Gasteiger partial charge in [0.2, 0.25) is 5.78 Å². The van der Waals surface area contributed by atoms with Crippen molar-refractivity contribution in [1.82, 2.24) is 9.38 Å². The van der Waals surface area contributed by atoms with Crippen LogP contribution in [0, 0.1) is 11.3 Å². The molecule has 0 bridgehead atoms. The first-order valence-corrected chi connectivity index (χ1v) is 10.8. The van der Waals surface area contributed by atoms with E-state index in [4.69, 9.17) is 5.26 Å². The van der Waals surface area contributed by atoms with E-state index in [1.54, 1.807) is 35.0 Å². The molecule has 0 saturated carbocycles. The average Bonchev–Trinajstić information content (AvgIpc) is 3.24. The number of nitrogens with zero attached hydrogens (tertiary/aromatic N) is 3. The van der Waals surface area contributed by atoms with Gasteiger partial charge in [-0.1, -0.05) is 60.7 Å². The Morgan fingerprint density at radius 2 is 1.47 bits per heavy atom. The van der Waals surface area contributed by atoms with Crippen molar-refractivity contribution < 1.29 is 9.59 Å². The summed E-state index contributed by atoms with van der Waals surface area (Å²) < 4.78 is 1.70. The van der Waals surface area contributed by atoms with E-state index in [-0.39, 0.29) is 11.6 Å². The van der Waals surface area contributed by atoms with Gasteiger partial charge in [0, 0.05) is 16.7 Å². The van der Waals surface area contributed by atoms with E-state index in [0.717, 1.165) is 11.1 Å². The van der Waals surface area contributed by atoms with Gasteiger partial charge < -0.3 is 0 Å². The first kappa shape index (κ1) is 21.0. The van der Waals surface area contributed by atoms with Crippen LogP contribution >= 0.6 is 0 Å². The van der Waals surface area contributed by atoms with Crippen molar-refractivity contribution in [3.05, 3.63) is 120 Å². The highest BCUT2D eigenvalue weighted by atomic mass is 16.1. The predicted molar refractivity (Wildman–Crippen MR) is 131 cm³/mol. The van der Waals surface area contributed by atoms with E-state index in [2.05, 4.69) is 11.1 Å². The second kappa shape index (κ2) is 8.61. The monoisotopic (exact) mass is 441 g/mol. The standard InChI is InChI=1S/C29H19N3O2/c1-19(33)26-25-16-24(21-8-4-2-5-9-21)31-18-32(25)28(27(26)22-10-6-3-7-11-22)29(34)23-14-12-20(17-30)13-15-23/h2-16,18H,1H3. The smallest absolute Gasteiger partial charge is 0.210 e. The van der Waals surface area contributed by atoms with Crippen molar-refractivity contribution in [2.45, 2.75) is 6.92 Å². The van der Waals surface area contributed by atoms with Gasteiger partial charge in [-0.3, -0.25) is 14.0 Å². The van der Waals surface area contributed by atoms with Gasteiger partial charge >= 0.3 is 0 Å². The van der Waals surface area contributed by atoms with Crippen LogP contribution in [-0.2, 0) is 0 Å². The van der Waals surface area contributed by atoms with Crippen LogP contribution in [0.1, 0.15) is 38.9 Å². The largest absolute Gasteiger partial charge is 0.296 e. The number of rotatable bonds is 5. The molecule has 2 aromatic heterocycles. The third-order valence-corrected chi connectivity index (χ3v) is 5.80. The third-order valence-electron chi connectivity index (χ3n) is 5.80. The van der Waals surface area contributed by atoms with Crippen LogP contribution in [0.3, 0.4) is 0 Å². The van der Waals surface area contributed by atoms with Gasteiger partial charge in [-0.15, -0.1) is 0 Å². The van der Waals surface area contributed by atoms with Gasteiger partial charge in [-0.2, -0.15) is 5.26 Å². The molecule has 0 aliphatic heterocycles. The SMILES string of the molecule is CC(=O)c1c(-c2ccccc2)c(C(=O)c2ccc(C#N)cc2)n2cnc(-c3ccccc3)cc12. The van der Waals surface area contributed by atoms with Crippen molar-refractivity contribution in [2.24, 2.45) is 0 Å². The lowest BCUT2D eigenvalue weighted by atomic mass is 9.95. The van der Waals surface area contributed by atoms with Crippen molar-refractivity contribution >= 4 is 17.1 Å². The molecule has 0 fully saturated rings. The number of hydrogen-bond donors (Lipinski definition) is 0. The molecule has 0 radical (unpaired) electrons. The van der Waals surface area contributed by atoms with E-state index in [9.17, 15) is 9.59 Å². The molecule has 0 unspecified atom stereocenters. The van der Waals surface area contributed by atoms with Crippen molar-refractivity contribution in [1.29, 1.82) is 5.26 Å². The molecule has 2 heterocycles. The van der Waals surface area contributed by atoms with Crippen LogP contribution in [0.2, 0.25) is 0 Å². The number of hydrogen-bond acceptors (Lipinski definition) is 4. The predicted octanol–water partition coefficient (Wildman–Crippen LogP) is 5.97. The number of ketones is 2. The molecule has 5 nitrogen and oxygen atoms in total. The Morgan fingerprint density at radius 1 is 0.853 bits per heavy atom. The lowest BCUT2D eigenvalue weighted by Crippen LogP contribution is -2.07. The van der Waals surface area contributed by atoms with E-state index in [0.29, 0.717) is 39.2 Å². The van der Waals surface area contributed by atoms with Gasteiger partial charge in [0.25, 0.3) is 0 Å². The molecule has 34 heavy (non-hydrogen) atoms. The van der Waals surface area contributed by atoms with Gasteiger partial charge in [-0.05, 0) is 42.8 Å². The Morgan fingerprint density at radius 3 is 2.06 bits per heavy atom. The maximum absolute atomic E-state index is 13.8. The Balaban J connectivity index is 1.83. The highest BCUT2D eigenvalue weighted by molar-refractivity contribution is 6.19. The molecule has 5 aromatic rings. The Kier molecular flexibility index (Phi) is 5.33. The van der Waals surface area contributed by atoms with Crippen molar-refractivity contribution in [3.8, 4) is 28.5 Å². The van der Waals surface area contributed by atoms with E-state index < -0.39 is 0 Å². The highest BCUT2D eigenvalue weighted by Crippen LogP contribution is 2.36. The van der Waals surface area contributed by atoms with Crippen LogP contribution in [0.25, 0.3) is 27.9 Å². The second-order valence-corrected chi connectivity index (χ2v) is 7.93. The quantitative estimate of drug-likeness (QED) is 0.315. The first-order valence-electron chi connectivity index (χ1n) is 10.8. The summed E-state index contributed by atoms with van der Waals surface area (Å²) in [6.07, 6.45) is 1.60. The summed E-state index contributed by atoms with van der Waals surface area (Å²) in [5.74, 6) is -0.388. The van der Waals surface area contributed by atoms with E-state index >= 15 is 0 Å². The Labute approximate surface area is 196 Å². The average molecular weight is 441 g/mol. The van der Waals surface area contributed by atoms with Gasteiger partial charge in [0.05, 0.1) is 28.4 Å². The lowest BCUT2D eigenvalue weighted by Gasteiger charge is -2.08. The zero-order valence-electron chi connectivity index (χ0n) is 18.4. The minimum atomic E-state index is -0.250. The number of Topliss-reactive ketones (excluding diaryl/α,β-unsaturated/α-hetero) is 1. The summed E-state index contributed by atoms with van der Waals surface area (Å²) in [6.45, 7) is 1.51. The number of aromatic nitrogens is 2. The Bertz CT molecular complexity index is 1580. The maximum Gasteiger partial charge on any atom is 0.210 e. The first-order chi connectivity index (χ1) is 16.6.